The molecule has 0 spiro atoms. The Morgan fingerprint density at radius 3 is 2.93 bits per heavy atom. The molecule has 9 heteroatoms. The molecule has 1 aliphatic heterocycles. The third kappa shape index (κ3) is 3.45. The zero-order valence-corrected chi connectivity index (χ0v) is 14.9. The minimum absolute atomic E-state index is 0.163. The number of halogens is 1. The summed E-state index contributed by atoms with van der Waals surface area (Å²) in [4.78, 5) is 27.1. The van der Waals surface area contributed by atoms with E-state index in [1.807, 2.05) is 0 Å². The van der Waals surface area contributed by atoms with Gasteiger partial charge in [0.05, 0.1) is 23.8 Å². The number of fused-ring (bicyclic) bond motifs is 1. The van der Waals surface area contributed by atoms with Crippen molar-refractivity contribution in [3.63, 3.8) is 0 Å². The largest absolute Gasteiger partial charge is 0.355 e. The van der Waals surface area contributed by atoms with Gasteiger partial charge in [-0.15, -0.1) is 0 Å². The molecule has 3 N–H and O–H groups in total. The van der Waals surface area contributed by atoms with Gasteiger partial charge in [-0.05, 0) is 25.8 Å². The number of hydrogen-bond acceptors (Lipinski definition) is 6. The van der Waals surface area contributed by atoms with Crippen LogP contribution in [0.4, 0.5) is 15.9 Å². The molecule has 0 bridgehead atoms. The molecule has 0 radical (unpaired) electrons. The number of hydrogen-bond donors (Lipinski definition) is 2. The predicted octanol–water partition coefficient (Wildman–Crippen LogP) is 1.61. The summed E-state index contributed by atoms with van der Waals surface area (Å²) < 4.78 is 15.7. The Morgan fingerprint density at radius 1 is 1.37 bits per heavy atom. The highest BCUT2D eigenvalue weighted by atomic mass is 19.1. The number of nitrogens with two attached hydrogens (primary N) is 1. The van der Waals surface area contributed by atoms with Crippen molar-refractivity contribution < 1.29 is 9.18 Å². The van der Waals surface area contributed by atoms with Gasteiger partial charge >= 0.3 is 0 Å². The van der Waals surface area contributed by atoms with Gasteiger partial charge in [-0.25, -0.2) is 19.3 Å². The van der Waals surface area contributed by atoms with E-state index < -0.39 is 11.7 Å². The summed E-state index contributed by atoms with van der Waals surface area (Å²) in [6, 6.07) is 1.23. The molecule has 1 fully saturated rings. The fourth-order valence-electron chi connectivity index (χ4n) is 3.28. The molecule has 4 rings (SSSR count). The molecular formula is C18H20FN7O. The lowest BCUT2D eigenvalue weighted by molar-refractivity contribution is 0.102. The van der Waals surface area contributed by atoms with Crippen molar-refractivity contribution in [2.75, 3.05) is 29.9 Å². The van der Waals surface area contributed by atoms with Gasteiger partial charge in [0.2, 0.25) is 0 Å². The average Bonchev–Trinajstić information content (AvgIpc) is 3.28. The summed E-state index contributed by atoms with van der Waals surface area (Å²) in [5.74, 6) is 0.229. The van der Waals surface area contributed by atoms with Crippen LogP contribution in [0.3, 0.4) is 0 Å². The number of rotatable bonds is 4. The van der Waals surface area contributed by atoms with Gasteiger partial charge in [-0.2, -0.15) is 0 Å². The first-order valence-electron chi connectivity index (χ1n) is 8.77. The van der Waals surface area contributed by atoms with Gasteiger partial charge in [-0.3, -0.25) is 4.79 Å². The molecule has 0 aliphatic carbocycles. The van der Waals surface area contributed by atoms with E-state index in [-0.39, 0.29) is 11.3 Å². The SMILES string of the molecule is Cc1cn2cc(NC(=O)c3cnc(N4CC[C@H](CN)C4)cn3)cc(F)c2n1. The van der Waals surface area contributed by atoms with Crippen LogP contribution in [-0.4, -0.2) is 44.9 Å². The lowest BCUT2D eigenvalue weighted by Gasteiger charge is -2.16. The number of aryl methyl sites for hydroxylation is 1. The Morgan fingerprint density at radius 2 is 2.22 bits per heavy atom. The second-order valence-corrected chi connectivity index (χ2v) is 6.74. The normalized spacial score (nSPS) is 16.9. The highest BCUT2D eigenvalue weighted by Gasteiger charge is 2.22. The van der Waals surface area contributed by atoms with E-state index in [0.717, 1.165) is 25.3 Å². The molecule has 0 aromatic carbocycles. The van der Waals surface area contributed by atoms with Crippen LogP contribution >= 0.6 is 0 Å². The fraction of sp³-hybridized carbons (Fsp3) is 0.333. The smallest absolute Gasteiger partial charge is 0.275 e. The number of imidazole rings is 1. The molecule has 1 saturated heterocycles. The maximum atomic E-state index is 14.1. The first-order chi connectivity index (χ1) is 13.0. The van der Waals surface area contributed by atoms with Gasteiger partial charge in [0.15, 0.2) is 11.5 Å². The van der Waals surface area contributed by atoms with Crippen molar-refractivity contribution in [1.82, 2.24) is 19.4 Å². The van der Waals surface area contributed by atoms with E-state index in [0.29, 0.717) is 23.8 Å². The minimum atomic E-state index is -0.508. The Kier molecular flexibility index (Phi) is 4.44. The van der Waals surface area contributed by atoms with Crippen LogP contribution in [0.1, 0.15) is 22.6 Å². The first-order valence-corrected chi connectivity index (χ1v) is 8.77. The summed E-state index contributed by atoms with van der Waals surface area (Å²) in [6.07, 6.45) is 7.33. The van der Waals surface area contributed by atoms with Gasteiger partial charge in [0.1, 0.15) is 11.5 Å². The molecule has 0 unspecified atom stereocenters. The third-order valence-electron chi connectivity index (χ3n) is 4.70. The van der Waals surface area contributed by atoms with Crippen molar-refractivity contribution in [3.8, 4) is 0 Å². The van der Waals surface area contributed by atoms with Gasteiger partial charge in [0.25, 0.3) is 5.91 Å². The number of nitrogens with one attached hydrogen (secondary N) is 1. The lowest BCUT2D eigenvalue weighted by atomic mass is 10.1. The second kappa shape index (κ2) is 6.92. The zero-order valence-electron chi connectivity index (χ0n) is 14.9. The minimum Gasteiger partial charge on any atom is -0.355 e. The Labute approximate surface area is 155 Å². The summed E-state index contributed by atoms with van der Waals surface area (Å²) in [5, 5.41) is 2.65. The van der Waals surface area contributed by atoms with E-state index in [1.165, 1.54) is 16.7 Å². The molecule has 140 valence electrons. The second-order valence-electron chi connectivity index (χ2n) is 6.74. The molecule has 3 aromatic heterocycles. The number of nitrogens with zero attached hydrogens (tertiary/aromatic N) is 5. The van der Waals surface area contributed by atoms with Crippen LogP contribution in [0.5, 0.6) is 0 Å². The van der Waals surface area contributed by atoms with Crippen molar-refractivity contribution >= 4 is 23.1 Å². The van der Waals surface area contributed by atoms with Crippen LogP contribution in [0.2, 0.25) is 0 Å². The van der Waals surface area contributed by atoms with Gasteiger partial charge in [-0.1, -0.05) is 0 Å². The third-order valence-corrected chi connectivity index (χ3v) is 4.70. The molecule has 4 heterocycles. The van der Waals surface area contributed by atoms with E-state index in [4.69, 9.17) is 5.73 Å². The highest BCUT2D eigenvalue weighted by molar-refractivity contribution is 6.02. The number of anilines is 2. The topological polar surface area (TPSA) is 101 Å². The predicted molar refractivity (Wildman–Crippen MR) is 99.2 cm³/mol. The molecular weight excluding hydrogens is 349 g/mol. The summed E-state index contributed by atoms with van der Waals surface area (Å²) in [6.45, 7) is 4.16. The molecule has 0 saturated carbocycles. The Bertz CT molecular complexity index is 985. The number of aromatic nitrogens is 4. The maximum Gasteiger partial charge on any atom is 0.275 e. The molecule has 1 atom stereocenters. The molecule has 8 nitrogen and oxygen atoms in total. The number of amides is 1. The van der Waals surface area contributed by atoms with Crippen LogP contribution in [0.15, 0.2) is 30.9 Å². The number of carbonyl (C=O) groups is 1. The van der Waals surface area contributed by atoms with E-state index >= 15 is 0 Å². The average molecular weight is 369 g/mol. The van der Waals surface area contributed by atoms with Crippen molar-refractivity contribution in [3.05, 3.63) is 48.1 Å². The summed E-state index contributed by atoms with van der Waals surface area (Å²) in [7, 11) is 0. The zero-order chi connectivity index (χ0) is 19.0. The molecule has 3 aromatic rings. The standard InChI is InChI=1S/C18H20FN7O/c1-11-8-26-10-13(4-14(19)17(26)23-11)24-18(27)15-6-22-16(7-21-15)25-3-2-12(5-20)9-25/h4,6-8,10,12H,2-3,5,9,20H2,1H3,(H,24,27)/t12-/m1/s1. The van der Waals surface area contributed by atoms with E-state index in [2.05, 4.69) is 25.2 Å². The number of pyridine rings is 1. The number of carbonyl (C=O) groups excluding carboxylic acids is 1. The Balaban J connectivity index is 1.48. The van der Waals surface area contributed by atoms with E-state index in [1.54, 1.807) is 25.5 Å². The van der Waals surface area contributed by atoms with Crippen LogP contribution in [-0.2, 0) is 0 Å². The van der Waals surface area contributed by atoms with Crippen molar-refractivity contribution in [2.24, 2.45) is 11.7 Å². The lowest BCUT2D eigenvalue weighted by Crippen LogP contribution is -2.24. The van der Waals surface area contributed by atoms with E-state index in [9.17, 15) is 9.18 Å². The molecule has 27 heavy (non-hydrogen) atoms. The summed E-state index contributed by atoms with van der Waals surface area (Å²) in [5.41, 5.74) is 7.10. The van der Waals surface area contributed by atoms with Gasteiger partial charge in [0, 0.05) is 31.5 Å². The first kappa shape index (κ1) is 17.3. The molecule has 1 aliphatic rings. The van der Waals surface area contributed by atoms with Gasteiger partial charge < -0.3 is 20.4 Å². The fourth-order valence-corrected chi connectivity index (χ4v) is 3.28. The van der Waals surface area contributed by atoms with Crippen molar-refractivity contribution in [1.29, 1.82) is 0 Å². The monoisotopic (exact) mass is 369 g/mol. The van der Waals surface area contributed by atoms with Crippen LogP contribution < -0.4 is 16.0 Å². The highest BCUT2D eigenvalue weighted by Crippen LogP contribution is 2.21. The quantitative estimate of drug-likeness (QED) is 0.724. The van der Waals surface area contributed by atoms with Crippen LogP contribution in [0, 0.1) is 18.7 Å². The maximum absolute atomic E-state index is 14.1. The molecule has 1 amide bonds. The van der Waals surface area contributed by atoms with Crippen molar-refractivity contribution in [2.45, 2.75) is 13.3 Å². The Hall–Kier alpha value is -3.07. The van der Waals surface area contributed by atoms with Crippen LogP contribution in [0.25, 0.3) is 5.65 Å². The summed E-state index contributed by atoms with van der Waals surface area (Å²) >= 11 is 0.